The monoisotopic (exact) mass is 312 g/mol. The lowest BCUT2D eigenvalue weighted by Crippen LogP contribution is -2.25. The van der Waals surface area contributed by atoms with Gasteiger partial charge in [-0.15, -0.1) is 0 Å². The molecule has 0 unspecified atom stereocenters. The predicted molar refractivity (Wildman–Crippen MR) is 71.3 cm³/mol. The molecule has 0 aromatic carbocycles. The second-order valence-corrected chi connectivity index (χ2v) is 8.32. The fourth-order valence-corrected chi connectivity index (χ4v) is 4.37. The number of aryl methyl sites for hydroxylation is 1. The summed E-state index contributed by atoms with van der Waals surface area (Å²) in [5.41, 5.74) is 5.63. The molecule has 0 aliphatic heterocycles. The van der Waals surface area contributed by atoms with Crippen molar-refractivity contribution in [3.8, 4) is 0 Å². The molecule has 0 radical (unpaired) electrons. The normalized spacial score (nSPS) is 12.3. The molecule has 0 bridgehead atoms. The molecule has 1 aromatic heterocycles. The summed E-state index contributed by atoms with van der Waals surface area (Å²) in [5.74, 6) is 0.0335. The summed E-state index contributed by atoms with van der Waals surface area (Å²) in [6.07, 6.45) is 2.12. The van der Waals surface area contributed by atoms with Gasteiger partial charge in [-0.2, -0.15) is 5.10 Å². The summed E-state index contributed by atoms with van der Waals surface area (Å²) < 4.78 is 48.5. The molecule has 0 amide bonds. The van der Waals surface area contributed by atoms with E-state index in [0.717, 1.165) is 6.26 Å². The maximum atomic E-state index is 11.6. The van der Waals surface area contributed by atoms with Gasteiger partial charge >= 0.3 is 0 Å². The van der Waals surface area contributed by atoms with Gasteiger partial charge in [-0.05, 0) is 0 Å². The van der Waals surface area contributed by atoms with Gasteiger partial charge in [-0.25, -0.2) is 16.8 Å². The quantitative estimate of drug-likeness (QED) is 0.654. The second-order valence-electron chi connectivity index (χ2n) is 3.66. The Hall–Kier alpha value is -1.20. The van der Waals surface area contributed by atoms with E-state index >= 15 is 0 Å². The van der Waals surface area contributed by atoms with Crippen molar-refractivity contribution < 1.29 is 16.8 Å². The molecular formula is C7H12N4O4S3. The van der Waals surface area contributed by atoms with Crippen molar-refractivity contribution in [3.63, 3.8) is 0 Å². The van der Waals surface area contributed by atoms with Crippen LogP contribution in [0, 0.1) is 0 Å². The molecule has 18 heavy (non-hydrogen) atoms. The fourth-order valence-electron chi connectivity index (χ4n) is 1.20. The zero-order valence-corrected chi connectivity index (χ0v) is 12.1. The molecule has 0 atom stereocenters. The number of aromatic nitrogens is 2. The third kappa shape index (κ3) is 3.92. The number of hydrogen-bond donors (Lipinski definition) is 2. The number of rotatable bonds is 5. The molecule has 11 heteroatoms. The van der Waals surface area contributed by atoms with Gasteiger partial charge in [0.1, 0.15) is 10.8 Å². The van der Waals surface area contributed by atoms with Gasteiger partial charge in [-0.3, -0.25) is 9.40 Å². The number of sulfone groups is 1. The summed E-state index contributed by atoms with van der Waals surface area (Å²) in [6.45, 7) is 0. The number of sulfonamides is 1. The summed E-state index contributed by atoms with van der Waals surface area (Å²) in [4.78, 5) is -0.0415. The molecule has 1 aromatic rings. The Morgan fingerprint density at radius 2 is 2.06 bits per heavy atom. The molecular weight excluding hydrogens is 300 g/mol. The van der Waals surface area contributed by atoms with Gasteiger partial charge in [0.2, 0.25) is 10.0 Å². The Morgan fingerprint density at radius 1 is 1.50 bits per heavy atom. The lowest BCUT2D eigenvalue weighted by molar-refractivity contribution is 0.594. The van der Waals surface area contributed by atoms with E-state index in [1.165, 1.54) is 17.9 Å². The fraction of sp³-hybridized carbons (Fsp3) is 0.429. The van der Waals surface area contributed by atoms with Crippen LogP contribution < -0.4 is 10.5 Å². The van der Waals surface area contributed by atoms with Crippen LogP contribution in [0.4, 0.5) is 5.82 Å². The van der Waals surface area contributed by atoms with E-state index in [1.807, 2.05) is 0 Å². The molecule has 1 rings (SSSR count). The first-order chi connectivity index (χ1) is 8.02. The van der Waals surface area contributed by atoms with Crippen LogP contribution in [-0.4, -0.2) is 42.9 Å². The SMILES string of the molecule is Cn1ncc(C(N)=S)c1NS(=O)(=O)CS(C)(=O)=O. The maximum Gasteiger partial charge on any atom is 0.248 e. The molecule has 8 nitrogen and oxygen atoms in total. The van der Waals surface area contributed by atoms with Gasteiger partial charge in [0.25, 0.3) is 0 Å². The highest BCUT2D eigenvalue weighted by Crippen LogP contribution is 2.16. The molecule has 102 valence electrons. The number of hydrogen-bond acceptors (Lipinski definition) is 6. The summed E-state index contributed by atoms with van der Waals surface area (Å²) in [5, 5.41) is 2.77. The van der Waals surface area contributed by atoms with E-state index < -0.39 is 24.9 Å². The van der Waals surface area contributed by atoms with Crippen molar-refractivity contribution in [2.75, 3.05) is 16.1 Å². The van der Waals surface area contributed by atoms with E-state index in [1.54, 1.807) is 0 Å². The largest absolute Gasteiger partial charge is 0.389 e. The van der Waals surface area contributed by atoms with Crippen molar-refractivity contribution in [1.29, 1.82) is 0 Å². The maximum absolute atomic E-state index is 11.6. The Bertz CT molecular complexity index is 674. The van der Waals surface area contributed by atoms with E-state index in [9.17, 15) is 16.8 Å². The third-order valence-electron chi connectivity index (χ3n) is 1.83. The minimum Gasteiger partial charge on any atom is -0.389 e. The molecule has 0 fully saturated rings. The molecule has 0 aliphatic carbocycles. The Labute approximate surface area is 110 Å². The number of nitrogens with one attached hydrogen (secondary N) is 1. The van der Waals surface area contributed by atoms with Crippen LogP contribution in [0.15, 0.2) is 6.20 Å². The van der Waals surface area contributed by atoms with Crippen molar-refractivity contribution in [3.05, 3.63) is 11.8 Å². The van der Waals surface area contributed by atoms with E-state index in [-0.39, 0.29) is 16.4 Å². The summed E-state index contributed by atoms with van der Waals surface area (Å²) in [6, 6.07) is 0. The highest BCUT2D eigenvalue weighted by molar-refractivity contribution is 8.08. The van der Waals surface area contributed by atoms with Crippen LogP contribution in [-0.2, 0) is 26.9 Å². The van der Waals surface area contributed by atoms with Crippen molar-refractivity contribution in [2.24, 2.45) is 12.8 Å². The Balaban J connectivity index is 3.12. The number of nitrogens with two attached hydrogens (primary N) is 1. The highest BCUT2D eigenvalue weighted by atomic mass is 32.3. The number of nitrogens with zero attached hydrogens (tertiary/aromatic N) is 2. The van der Waals surface area contributed by atoms with Crippen LogP contribution in [0.25, 0.3) is 0 Å². The van der Waals surface area contributed by atoms with Crippen LogP contribution >= 0.6 is 12.2 Å². The minimum absolute atomic E-state index is 0.0335. The zero-order valence-electron chi connectivity index (χ0n) is 9.61. The molecule has 0 saturated carbocycles. The lowest BCUT2D eigenvalue weighted by Gasteiger charge is -2.09. The standard InChI is InChI=1S/C7H12N4O4S3/c1-11-7(5(3-9-11)6(8)16)10-18(14,15)4-17(2,12)13/h3,10H,4H2,1-2H3,(H2,8,16). The first kappa shape index (κ1) is 14.9. The third-order valence-corrected chi connectivity index (χ3v) is 5.50. The van der Waals surface area contributed by atoms with Gasteiger partial charge in [0.05, 0.1) is 11.8 Å². The van der Waals surface area contributed by atoms with Gasteiger partial charge in [0, 0.05) is 13.3 Å². The molecule has 0 aliphatic rings. The highest BCUT2D eigenvalue weighted by Gasteiger charge is 2.22. The molecule has 3 N–H and O–H groups in total. The number of thiocarbonyl (C=S) groups is 1. The van der Waals surface area contributed by atoms with E-state index in [0.29, 0.717) is 0 Å². The van der Waals surface area contributed by atoms with Crippen LogP contribution in [0.2, 0.25) is 0 Å². The predicted octanol–water partition coefficient (Wildman–Crippen LogP) is -1.20. The van der Waals surface area contributed by atoms with Gasteiger partial charge < -0.3 is 5.73 Å². The van der Waals surface area contributed by atoms with Gasteiger partial charge in [-0.1, -0.05) is 12.2 Å². The lowest BCUT2D eigenvalue weighted by atomic mass is 10.3. The van der Waals surface area contributed by atoms with Crippen LogP contribution in [0.5, 0.6) is 0 Å². The van der Waals surface area contributed by atoms with E-state index in [4.69, 9.17) is 18.0 Å². The first-order valence-electron chi connectivity index (χ1n) is 4.52. The Morgan fingerprint density at radius 3 is 2.50 bits per heavy atom. The molecule has 0 saturated heterocycles. The summed E-state index contributed by atoms with van der Waals surface area (Å²) in [7, 11) is -6.26. The minimum atomic E-state index is -4.05. The van der Waals surface area contributed by atoms with Crippen LogP contribution in [0.3, 0.4) is 0 Å². The van der Waals surface area contributed by atoms with Crippen molar-refractivity contribution in [1.82, 2.24) is 9.78 Å². The first-order valence-corrected chi connectivity index (χ1v) is 8.64. The van der Waals surface area contributed by atoms with E-state index in [2.05, 4.69) is 9.82 Å². The molecule has 1 heterocycles. The van der Waals surface area contributed by atoms with Gasteiger partial charge in [0.15, 0.2) is 14.9 Å². The Kier molecular flexibility index (Phi) is 3.98. The van der Waals surface area contributed by atoms with Crippen molar-refractivity contribution >= 4 is 42.9 Å². The zero-order chi connectivity index (χ0) is 14.1. The average Bonchev–Trinajstić information content (AvgIpc) is 2.42. The topological polar surface area (TPSA) is 124 Å². The average molecular weight is 312 g/mol. The second kappa shape index (κ2) is 4.82. The van der Waals surface area contributed by atoms with Crippen molar-refractivity contribution in [2.45, 2.75) is 0 Å². The summed E-state index contributed by atoms with van der Waals surface area (Å²) >= 11 is 4.73. The van der Waals surface area contributed by atoms with Crippen LogP contribution in [0.1, 0.15) is 5.56 Å². The molecule has 0 spiro atoms. The smallest absolute Gasteiger partial charge is 0.248 e. The number of anilines is 1.